The van der Waals surface area contributed by atoms with Gasteiger partial charge in [0.15, 0.2) is 0 Å². The lowest BCUT2D eigenvalue weighted by Crippen LogP contribution is -2.54. The summed E-state index contributed by atoms with van der Waals surface area (Å²) in [6.45, 7) is 3.43. The maximum atomic E-state index is 13.1. The lowest BCUT2D eigenvalue weighted by Gasteiger charge is -2.42. The summed E-state index contributed by atoms with van der Waals surface area (Å²) >= 11 is 5.88. The third-order valence-electron chi connectivity index (χ3n) is 5.32. The van der Waals surface area contributed by atoms with Crippen molar-refractivity contribution in [2.75, 3.05) is 11.5 Å². The number of carbonyl (C=O) groups excluding carboxylic acids is 4. The summed E-state index contributed by atoms with van der Waals surface area (Å²) in [5, 5.41) is 0.468. The molecule has 4 aliphatic rings. The number of hydrogen-bond acceptors (Lipinski definition) is 6. The second-order valence-corrected chi connectivity index (χ2v) is 7.13. The zero-order chi connectivity index (χ0) is 19.5. The van der Waals surface area contributed by atoms with Crippen LogP contribution in [0.15, 0.2) is 35.4 Å². The number of ether oxygens (including phenoxy) is 2. The van der Waals surface area contributed by atoms with Crippen molar-refractivity contribution in [2.24, 2.45) is 17.8 Å². The topological polar surface area (TPSA) is 90.0 Å². The zero-order valence-electron chi connectivity index (χ0n) is 14.6. The number of fused-ring (bicyclic) bond motifs is 1. The molecule has 0 spiro atoms. The highest BCUT2D eigenvalue weighted by atomic mass is 35.5. The fraction of sp³-hybridized carbons (Fsp3) is 0.368. The van der Waals surface area contributed by atoms with Gasteiger partial charge in [-0.05, 0) is 43.7 Å². The van der Waals surface area contributed by atoms with Crippen LogP contribution < -0.4 is 4.90 Å². The average Bonchev–Trinajstić information content (AvgIpc) is 2.89. The van der Waals surface area contributed by atoms with Crippen LogP contribution in [0, 0.1) is 17.8 Å². The largest absolute Gasteiger partial charge is 0.463 e. The van der Waals surface area contributed by atoms with E-state index in [1.165, 1.54) is 0 Å². The van der Waals surface area contributed by atoms with E-state index >= 15 is 0 Å². The number of amides is 2. The molecular formula is C19H16ClNO6. The summed E-state index contributed by atoms with van der Waals surface area (Å²) in [5.74, 6) is -5.23. The lowest BCUT2D eigenvalue weighted by atomic mass is 9.66. The second-order valence-electron chi connectivity index (χ2n) is 6.69. The van der Waals surface area contributed by atoms with E-state index in [1.807, 2.05) is 0 Å². The molecule has 2 bridgehead atoms. The van der Waals surface area contributed by atoms with E-state index in [1.54, 1.807) is 38.1 Å². The van der Waals surface area contributed by atoms with Gasteiger partial charge in [0.05, 0.1) is 29.7 Å². The van der Waals surface area contributed by atoms with Crippen molar-refractivity contribution in [3.63, 3.8) is 0 Å². The number of halogens is 1. The Bertz CT molecular complexity index is 905. The maximum absolute atomic E-state index is 13.1. The molecule has 3 heterocycles. The summed E-state index contributed by atoms with van der Waals surface area (Å²) < 4.78 is 10.4. The first-order valence-electron chi connectivity index (χ1n) is 8.58. The van der Waals surface area contributed by atoms with Crippen LogP contribution in [0.1, 0.15) is 13.8 Å². The van der Waals surface area contributed by atoms with Crippen LogP contribution in [-0.2, 0) is 28.7 Å². The predicted molar refractivity (Wildman–Crippen MR) is 93.6 cm³/mol. The van der Waals surface area contributed by atoms with Gasteiger partial charge in [0, 0.05) is 5.02 Å². The summed E-state index contributed by atoms with van der Waals surface area (Å²) in [6, 6.07) is 6.27. The number of hydrogen-bond donors (Lipinski definition) is 0. The highest BCUT2D eigenvalue weighted by molar-refractivity contribution is 6.31. The molecule has 0 aromatic heterocycles. The Balaban J connectivity index is 1.79. The molecular weight excluding hydrogens is 374 g/mol. The number of imide groups is 1. The molecule has 0 saturated carbocycles. The van der Waals surface area contributed by atoms with Crippen molar-refractivity contribution < 1.29 is 28.7 Å². The van der Waals surface area contributed by atoms with E-state index in [2.05, 4.69) is 0 Å². The van der Waals surface area contributed by atoms with E-state index in [4.69, 9.17) is 21.1 Å². The SMILES string of the molecule is CCOC(=O)C1=C(C)[C@H]2OC(=O)[C@H]1[C@H]1C(=O)N(c3ccc(Cl)cc3)C(=O)[C@H]12. The molecule has 2 amide bonds. The summed E-state index contributed by atoms with van der Waals surface area (Å²) in [5.41, 5.74) is 0.975. The predicted octanol–water partition coefficient (Wildman–Crippen LogP) is 1.88. The van der Waals surface area contributed by atoms with Crippen LogP contribution in [0.4, 0.5) is 5.69 Å². The van der Waals surface area contributed by atoms with Crippen LogP contribution >= 0.6 is 11.6 Å². The minimum atomic E-state index is -1.13. The fourth-order valence-electron chi connectivity index (χ4n) is 4.20. The molecule has 0 radical (unpaired) electrons. The first-order valence-corrected chi connectivity index (χ1v) is 8.96. The van der Waals surface area contributed by atoms with E-state index in [9.17, 15) is 19.2 Å². The number of carbonyl (C=O) groups is 4. The number of anilines is 1. The molecule has 1 aromatic carbocycles. The van der Waals surface area contributed by atoms with Gasteiger partial charge in [0.2, 0.25) is 11.8 Å². The smallest absolute Gasteiger partial charge is 0.334 e. The van der Waals surface area contributed by atoms with Crippen molar-refractivity contribution in [3.8, 4) is 0 Å². The van der Waals surface area contributed by atoms with Gasteiger partial charge in [-0.25, -0.2) is 9.69 Å². The van der Waals surface area contributed by atoms with Crippen molar-refractivity contribution >= 4 is 41.0 Å². The van der Waals surface area contributed by atoms with E-state index in [0.717, 1.165) is 4.90 Å². The van der Waals surface area contributed by atoms with E-state index in [-0.39, 0.29) is 12.2 Å². The van der Waals surface area contributed by atoms with Crippen molar-refractivity contribution in [3.05, 3.63) is 40.4 Å². The summed E-state index contributed by atoms with van der Waals surface area (Å²) in [4.78, 5) is 52.0. The highest BCUT2D eigenvalue weighted by Crippen LogP contribution is 2.51. The molecule has 5 rings (SSSR count). The van der Waals surface area contributed by atoms with Gasteiger partial charge in [0.1, 0.15) is 12.0 Å². The molecule has 1 aliphatic carbocycles. The normalized spacial score (nSPS) is 29.1. The van der Waals surface area contributed by atoms with Gasteiger partial charge in [0.25, 0.3) is 0 Å². The Hall–Kier alpha value is -2.67. The Morgan fingerprint density at radius 1 is 1.15 bits per heavy atom. The van der Waals surface area contributed by atoms with Crippen LogP contribution in [0.25, 0.3) is 0 Å². The Morgan fingerprint density at radius 3 is 2.41 bits per heavy atom. The second kappa shape index (κ2) is 6.20. The number of benzene rings is 1. The molecule has 2 saturated heterocycles. The molecule has 8 heteroatoms. The third kappa shape index (κ3) is 2.41. The van der Waals surface area contributed by atoms with Crippen molar-refractivity contribution in [1.82, 2.24) is 0 Å². The molecule has 2 fully saturated rings. The van der Waals surface area contributed by atoms with Crippen LogP contribution in [0.2, 0.25) is 5.02 Å². The first-order chi connectivity index (χ1) is 12.9. The number of esters is 2. The molecule has 7 nitrogen and oxygen atoms in total. The minimum Gasteiger partial charge on any atom is -0.463 e. The van der Waals surface area contributed by atoms with Crippen LogP contribution in [-0.4, -0.2) is 36.5 Å². The standard InChI is InChI=1S/C19H16ClNO6/c1-3-26-18(24)11-8(2)15-14-12(13(11)19(25)27-15)16(22)21(17(14)23)10-6-4-9(20)5-7-10/h4-7,12-15H,3H2,1-2H3/t12-,13-,14-,15-/m1/s1. The van der Waals surface area contributed by atoms with Gasteiger partial charge in [-0.1, -0.05) is 11.6 Å². The van der Waals surface area contributed by atoms with Crippen molar-refractivity contribution in [1.29, 1.82) is 0 Å². The van der Waals surface area contributed by atoms with E-state index < -0.39 is 47.6 Å². The van der Waals surface area contributed by atoms with Crippen LogP contribution in [0.5, 0.6) is 0 Å². The molecule has 140 valence electrons. The third-order valence-corrected chi connectivity index (χ3v) is 5.58. The minimum absolute atomic E-state index is 0.137. The Kier molecular flexibility index (Phi) is 4.07. The Morgan fingerprint density at radius 2 is 1.78 bits per heavy atom. The maximum Gasteiger partial charge on any atom is 0.334 e. The first kappa shape index (κ1) is 17.7. The van der Waals surface area contributed by atoms with Crippen molar-refractivity contribution in [2.45, 2.75) is 20.0 Å². The average molecular weight is 390 g/mol. The molecule has 3 aliphatic heterocycles. The molecule has 0 N–H and O–H groups in total. The molecule has 4 atom stereocenters. The molecule has 1 aromatic rings. The quantitative estimate of drug-likeness (QED) is 0.579. The van der Waals surface area contributed by atoms with Crippen LogP contribution in [0.3, 0.4) is 0 Å². The number of nitrogens with zero attached hydrogens (tertiary/aromatic N) is 1. The summed E-state index contributed by atoms with van der Waals surface area (Å²) in [6.07, 6.45) is -0.944. The van der Waals surface area contributed by atoms with Gasteiger partial charge in [-0.15, -0.1) is 0 Å². The van der Waals surface area contributed by atoms with Gasteiger partial charge in [-0.2, -0.15) is 0 Å². The lowest BCUT2D eigenvalue weighted by molar-refractivity contribution is -0.173. The molecule has 27 heavy (non-hydrogen) atoms. The zero-order valence-corrected chi connectivity index (χ0v) is 15.4. The van der Waals surface area contributed by atoms with E-state index in [0.29, 0.717) is 16.3 Å². The van der Waals surface area contributed by atoms with Gasteiger partial charge < -0.3 is 9.47 Å². The summed E-state index contributed by atoms with van der Waals surface area (Å²) in [7, 11) is 0. The van der Waals surface area contributed by atoms with Gasteiger partial charge in [-0.3, -0.25) is 14.4 Å². The monoisotopic (exact) mass is 389 g/mol. The number of rotatable bonds is 3. The Labute approximate surface area is 159 Å². The fourth-order valence-corrected chi connectivity index (χ4v) is 4.32. The molecule has 0 unspecified atom stereocenters. The highest BCUT2D eigenvalue weighted by Gasteiger charge is 2.65. The van der Waals surface area contributed by atoms with Gasteiger partial charge >= 0.3 is 11.9 Å².